The lowest BCUT2D eigenvalue weighted by Crippen LogP contribution is -2.36. The summed E-state index contributed by atoms with van der Waals surface area (Å²) in [5.41, 5.74) is 2.27. The topological polar surface area (TPSA) is 54.5 Å². The number of hydrogen-bond donors (Lipinski definition) is 1. The lowest BCUT2D eigenvalue weighted by Gasteiger charge is -2.28. The van der Waals surface area contributed by atoms with Crippen LogP contribution in [0.15, 0.2) is 47.5 Å². The van der Waals surface area contributed by atoms with Gasteiger partial charge in [-0.1, -0.05) is 12.1 Å². The van der Waals surface area contributed by atoms with E-state index in [1.165, 1.54) is 0 Å². The predicted octanol–water partition coefficient (Wildman–Crippen LogP) is 2.83. The van der Waals surface area contributed by atoms with Crippen molar-refractivity contribution in [3.8, 4) is 0 Å². The van der Waals surface area contributed by atoms with Crippen LogP contribution in [-0.2, 0) is 15.5 Å². The maximum absolute atomic E-state index is 11.5. The highest BCUT2D eigenvalue weighted by atomic mass is 32.2. The first-order valence-corrected chi connectivity index (χ1v) is 9.68. The van der Waals surface area contributed by atoms with E-state index in [0.717, 1.165) is 48.3 Å². The molecule has 0 spiro atoms. The molecule has 1 fully saturated rings. The monoisotopic (exact) mass is 345 g/mol. The van der Waals surface area contributed by atoms with Crippen molar-refractivity contribution in [2.45, 2.75) is 17.9 Å². The molecule has 0 bridgehead atoms. The van der Waals surface area contributed by atoms with Gasteiger partial charge < -0.3 is 15.0 Å². The first-order chi connectivity index (χ1) is 11.6. The van der Waals surface area contributed by atoms with E-state index in [-0.39, 0.29) is 6.04 Å². The van der Waals surface area contributed by atoms with Gasteiger partial charge in [-0.25, -0.2) is 4.98 Å². The standard InChI is InChI=1S/C18H23N3O2S/c1-14(15-3-6-17(7-4-15)24(2)22)20-18-8-5-16(13-19-18)21-9-11-23-12-10-21/h3-8,13-14H,9-12H2,1-2H3,(H,19,20)/t14-,24-/m1/s1. The molecule has 1 saturated heterocycles. The molecule has 0 amide bonds. The van der Waals surface area contributed by atoms with Gasteiger partial charge in [0.05, 0.1) is 25.1 Å². The summed E-state index contributed by atoms with van der Waals surface area (Å²) in [7, 11) is -0.940. The highest BCUT2D eigenvalue weighted by Gasteiger charge is 2.12. The third kappa shape index (κ3) is 4.13. The number of hydrogen-bond acceptors (Lipinski definition) is 5. The summed E-state index contributed by atoms with van der Waals surface area (Å²) in [6, 6.07) is 12.1. The second kappa shape index (κ2) is 7.77. The van der Waals surface area contributed by atoms with Crippen molar-refractivity contribution in [2.24, 2.45) is 0 Å². The van der Waals surface area contributed by atoms with Crippen LogP contribution < -0.4 is 10.2 Å². The molecule has 1 aromatic heterocycles. The Labute approximate surface area is 145 Å². The number of rotatable bonds is 5. The average Bonchev–Trinajstić information content (AvgIpc) is 2.63. The third-order valence-corrected chi connectivity index (χ3v) is 5.14. The van der Waals surface area contributed by atoms with Crippen molar-refractivity contribution >= 4 is 22.3 Å². The number of pyridine rings is 1. The van der Waals surface area contributed by atoms with Crippen LogP contribution in [0.1, 0.15) is 18.5 Å². The average molecular weight is 345 g/mol. The number of nitrogens with zero attached hydrogens (tertiary/aromatic N) is 2. The van der Waals surface area contributed by atoms with E-state index < -0.39 is 10.8 Å². The molecule has 128 valence electrons. The first kappa shape index (κ1) is 16.9. The molecule has 3 rings (SSSR count). The van der Waals surface area contributed by atoms with Gasteiger partial charge in [-0.2, -0.15) is 0 Å². The van der Waals surface area contributed by atoms with Crippen molar-refractivity contribution in [1.82, 2.24) is 4.98 Å². The summed E-state index contributed by atoms with van der Waals surface area (Å²) in [6.07, 6.45) is 3.60. The van der Waals surface area contributed by atoms with E-state index >= 15 is 0 Å². The predicted molar refractivity (Wildman–Crippen MR) is 98.1 cm³/mol. The lowest BCUT2D eigenvalue weighted by atomic mass is 10.1. The molecule has 0 radical (unpaired) electrons. The van der Waals surface area contributed by atoms with Crippen LogP contribution in [0.5, 0.6) is 0 Å². The molecule has 0 unspecified atom stereocenters. The minimum Gasteiger partial charge on any atom is -0.378 e. The summed E-state index contributed by atoms with van der Waals surface area (Å²) in [4.78, 5) is 7.65. The van der Waals surface area contributed by atoms with Crippen molar-refractivity contribution in [3.63, 3.8) is 0 Å². The highest BCUT2D eigenvalue weighted by Crippen LogP contribution is 2.21. The quantitative estimate of drug-likeness (QED) is 0.903. The molecule has 2 aromatic rings. The van der Waals surface area contributed by atoms with Crippen LogP contribution in [0.2, 0.25) is 0 Å². The van der Waals surface area contributed by atoms with E-state index in [4.69, 9.17) is 4.74 Å². The van der Waals surface area contributed by atoms with Gasteiger partial charge in [-0.05, 0) is 36.8 Å². The van der Waals surface area contributed by atoms with Gasteiger partial charge in [-0.15, -0.1) is 0 Å². The fourth-order valence-corrected chi connectivity index (χ4v) is 3.25. The molecule has 1 aliphatic rings. The van der Waals surface area contributed by atoms with Crippen molar-refractivity contribution in [1.29, 1.82) is 0 Å². The highest BCUT2D eigenvalue weighted by molar-refractivity contribution is 7.84. The summed E-state index contributed by atoms with van der Waals surface area (Å²) in [6.45, 7) is 5.46. The molecule has 24 heavy (non-hydrogen) atoms. The van der Waals surface area contributed by atoms with Gasteiger partial charge in [0.25, 0.3) is 0 Å². The van der Waals surface area contributed by atoms with Gasteiger partial charge in [0.2, 0.25) is 0 Å². The Bertz CT molecular complexity index is 682. The van der Waals surface area contributed by atoms with Crippen LogP contribution in [-0.4, -0.2) is 41.8 Å². The fourth-order valence-electron chi connectivity index (χ4n) is 2.73. The van der Waals surface area contributed by atoms with E-state index in [9.17, 15) is 4.21 Å². The van der Waals surface area contributed by atoms with Crippen molar-refractivity contribution in [3.05, 3.63) is 48.2 Å². The molecule has 0 aliphatic carbocycles. The Hall–Kier alpha value is -1.92. The molecule has 2 atom stereocenters. The van der Waals surface area contributed by atoms with Crippen LogP contribution in [0.4, 0.5) is 11.5 Å². The van der Waals surface area contributed by atoms with Crippen LogP contribution in [0.3, 0.4) is 0 Å². The number of morpholine rings is 1. The van der Waals surface area contributed by atoms with Crippen LogP contribution >= 0.6 is 0 Å². The van der Waals surface area contributed by atoms with E-state index in [2.05, 4.69) is 28.2 Å². The molecule has 1 aliphatic heterocycles. The molecular weight excluding hydrogens is 322 g/mol. The molecule has 2 heterocycles. The maximum atomic E-state index is 11.5. The third-order valence-electron chi connectivity index (χ3n) is 4.20. The fraction of sp³-hybridized carbons (Fsp3) is 0.389. The molecule has 1 aromatic carbocycles. The summed E-state index contributed by atoms with van der Waals surface area (Å²) in [5.74, 6) is 0.850. The van der Waals surface area contributed by atoms with Gasteiger partial charge in [0.1, 0.15) is 5.82 Å². The SMILES string of the molecule is C[C@@H](Nc1ccc(N2CCOCC2)cn1)c1ccc([S@@](C)=O)cc1. The Balaban J connectivity index is 1.63. The van der Waals surface area contributed by atoms with E-state index in [0.29, 0.717) is 0 Å². The minimum absolute atomic E-state index is 0.131. The van der Waals surface area contributed by atoms with E-state index in [1.54, 1.807) is 6.26 Å². The zero-order valence-corrected chi connectivity index (χ0v) is 14.9. The van der Waals surface area contributed by atoms with Crippen LogP contribution in [0.25, 0.3) is 0 Å². The molecular formula is C18H23N3O2S. The number of ether oxygens (including phenoxy) is 1. The largest absolute Gasteiger partial charge is 0.378 e. The normalized spacial score (nSPS) is 17.3. The summed E-state index contributed by atoms with van der Waals surface area (Å²) < 4.78 is 16.8. The van der Waals surface area contributed by atoms with Gasteiger partial charge in [0.15, 0.2) is 0 Å². The Morgan fingerprint density at radius 2 is 1.88 bits per heavy atom. The second-order valence-electron chi connectivity index (χ2n) is 5.89. The summed E-state index contributed by atoms with van der Waals surface area (Å²) >= 11 is 0. The number of benzene rings is 1. The lowest BCUT2D eigenvalue weighted by molar-refractivity contribution is 0.122. The Kier molecular flexibility index (Phi) is 5.48. The van der Waals surface area contributed by atoms with Crippen LogP contribution in [0, 0.1) is 0 Å². The summed E-state index contributed by atoms with van der Waals surface area (Å²) in [5, 5.41) is 3.41. The number of aromatic nitrogens is 1. The molecule has 0 saturated carbocycles. The number of anilines is 2. The van der Waals surface area contributed by atoms with Crippen molar-refractivity contribution in [2.75, 3.05) is 42.8 Å². The maximum Gasteiger partial charge on any atom is 0.126 e. The Morgan fingerprint density at radius 3 is 2.46 bits per heavy atom. The Morgan fingerprint density at radius 1 is 1.17 bits per heavy atom. The zero-order valence-electron chi connectivity index (χ0n) is 14.1. The smallest absolute Gasteiger partial charge is 0.126 e. The van der Waals surface area contributed by atoms with Crippen molar-refractivity contribution < 1.29 is 8.95 Å². The molecule has 1 N–H and O–H groups in total. The molecule has 6 heteroatoms. The second-order valence-corrected chi connectivity index (χ2v) is 7.27. The van der Waals surface area contributed by atoms with Gasteiger partial charge in [-0.3, -0.25) is 4.21 Å². The minimum atomic E-state index is -0.940. The van der Waals surface area contributed by atoms with E-state index in [1.807, 2.05) is 36.5 Å². The first-order valence-electron chi connectivity index (χ1n) is 8.12. The van der Waals surface area contributed by atoms with Gasteiger partial charge in [0, 0.05) is 41.1 Å². The number of nitrogens with one attached hydrogen (secondary N) is 1. The zero-order chi connectivity index (χ0) is 16.9. The van der Waals surface area contributed by atoms with Gasteiger partial charge >= 0.3 is 0 Å². The molecule has 5 nitrogen and oxygen atoms in total.